The van der Waals surface area contributed by atoms with Crippen molar-refractivity contribution in [1.82, 2.24) is 14.9 Å². The molecule has 1 amide bonds. The van der Waals surface area contributed by atoms with Crippen LogP contribution in [0.4, 0.5) is 0 Å². The molecule has 1 fully saturated rings. The van der Waals surface area contributed by atoms with Gasteiger partial charge in [-0.1, -0.05) is 0 Å². The van der Waals surface area contributed by atoms with Crippen molar-refractivity contribution in [3.8, 4) is 5.88 Å². The molecule has 2 aromatic rings. The molecule has 2 aromatic heterocycles. The summed E-state index contributed by atoms with van der Waals surface area (Å²) < 4.78 is 5.19. The zero-order valence-electron chi connectivity index (χ0n) is 11.9. The van der Waals surface area contributed by atoms with Crippen LogP contribution in [0.5, 0.6) is 5.88 Å². The summed E-state index contributed by atoms with van der Waals surface area (Å²) in [7, 11) is 1.54. The number of carbonyl (C=O) groups is 1. The molecule has 1 saturated heterocycles. The second-order valence-electron chi connectivity index (χ2n) is 5.02. The van der Waals surface area contributed by atoms with Crippen LogP contribution < -0.4 is 4.74 Å². The summed E-state index contributed by atoms with van der Waals surface area (Å²) in [6, 6.07) is 3.53. The quantitative estimate of drug-likeness (QED) is 0.874. The van der Waals surface area contributed by atoms with Crippen LogP contribution >= 0.6 is 11.3 Å². The van der Waals surface area contributed by atoms with Gasteiger partial charge >= 0.3 is 0 Å². The molecule has 1 aliphatic heterocycles. The number of methoxy groups -OCH3 is 1. The van der Waals surface area contributed by atoms with Crippen molar-refractivity contribution >= 4 is 17.2 Å². The van der Waals surface area contributed by atoms with Gasteiger partial charge in [0, 0.05) is 36.8 Å². The van der Waals surface area contributed by atoms with Crippen molar-refractivity contribution in [1.29, 1.82) is 0 Å². The summed E-state index contributed by atoms with van der Waals surface area (Å²) in [4.78, 5) is 23.1. The lowest BCUT2D eigenvalue weighted by Crippen LogP contribution is -2.39. The van der Waals surface area contributed by atoms with E-state index in [0.29, 0.717) is 23.9 Å². The number of aromatic nitrogens is 2. The minimum atomic E-state index is -0.0128. The Hall–Kier alpha value is -1.95. The minimum absolute atomic E-state index is 0.0128. The Bertz CT molecular complexity index is 615. The second kappa shape index (κ2) is 6.22. The van der Waals surface area contributed by atoms with Crippen LogP contribution in [0, 0.1) is 0 Å². The number of nitrogens with zero attached hydrogens (tertiary/aromatic N) is 3. The highest BCUT2D eigenvalue weighted by Crippen LogP contribution is 2.29. The lowest BCUT2D eigenvalue weighted by molar-refractivity contribution is 0.0703. The van der Waals surface area contributed by atoms with E-state index in [0.717, 1.165) is 24.4 Å². The number of hydrogen-bond donors (Lipinski definition) is 0. The predicted molar refractivity (Wildman–Crippen MR) is 80.8 cm³/mol. The second-order valence-corrected chi connectivity index (χ2v) is 5.95. The van der Waals surface area contributed by atoms with Gasteiger partial charge in [0.05, 0.1) is 12.1 Å². The number of pyridine rings is 1. The standard InChI is InChI=1S/C15H17N3O2S/c1-20-13-12(5-2-6-16-13)15(19)18-8-3-4-11(10-18)14-17-7-9-21-14/h2,5-7,9,11H,3-4,8,10H2,1H3/t11-/m1/s1. The van der Waals surface area contributed by atoms with E-state index in [1.54, 1.807) is 29.7 Å². The third-order valence-electron chi connectivity index (χ3n) is 3.70. The minimum Gasteiger partial charge on any atom is -0.480 e. The van der Waals surface area contributed by atoms with E-state index < -0.39 is 0 Å². The van der Waals surface area contributed by atoms with E-state index in [4.69, 9.17) is 4.74 Å². The van der Waals surface area contributed by atoms with E-state index in [-0.39, 0.29) is 5.91 Å². The lowest BCUT2D eigenvalue weighted by Gasteiger charge is -2.32. The molecule has 0 N–H and O–H groups in total. The summed E-state index contributed by atoms with van der Waals surface area (Å²) in [6.45, 7) is 1.49. The Labute approximate surface area is 127 Å². The fraction of sp³-hybridized carbons (Fsp3) is 0.400. The first-order valence-electron chi connectivity index (χ1n) is 6.97. The number of likely N-dealkylation sites (tertiary alicyclic amines) is 1. The van der Waals surface area contributed by atoms with Gasteiger partial charge in [0.1, 0.15) is 5.56 Å². The van der Waals surface area contributed by atoms with E-state index in [2.05, 4.69) is 9.97 Å². The average molecular weight is 303 g/mol. The van der Waals surface area contributed by atoms with Crippen LogP contribution in [-0.4, -0.2) is 41.0 Å². The molecule has 0 radical (unpaired) electrons. The smallest absolute Gasteiger partial charge is 0.259 e. The molecule has 0 saturated carbocycles. The van der Waals surface area contributed by atoms with Gasteiger partial charge < -0.3 is 9.64 Å². The average Bonchev–Trinajstić information content (AvgIpc) is 3.09. The first-order chi connectivity index (χ1) is 10.3. The molecular formula is C15H17N3O2S. The summed E-state index contributed by atoms with van der Waals surface area (Å²) in [5.74, 6) is 0.713. The third kappa shape index (κ3) is 2.90. The van der Waals surface area contributed by atoms with E-state index in [9.17, 15) is 4.79 Å². The predicted octanol–water partition coefficient (Wildman–Crippen LogP) is 2.57. The maximum absolute atomic E-state index is 12.7. The molecule has 6 heteroatoms. The molecule has 3 rings (SSSR count). The Balaban J connectivity index is 1.78. The molecule has 0 spiro atoms. The van der Waals surface area contributed by atoms with Gasteiger partial charge in [0.25, 0.3) is 5.91 Å². The van der Waals surface area contributed by atoms with Crippen LogP contribution in [0.25, 0.3) is 0 Å². The van der Waals surface area contributed by atoms with Gasteiger partial charge in [-0.2, -0.15) is 0 Å². The topological polar surface area (TPSA) is 55.3 Å². The molecular weight excluding hydrogens is 286 g/mol. The van der Waals surface area contributed by atoms with Gasteiger partial charge in [-0.05, 0) is 25.0 Å². The SMILES string of the molecule is COc1ncccc1C(=O)N1CCC[C@@H](c2nccs2)C1. The van der Waals surface area contributed by atoms with Crippen LogP contribution in [-0.2, 0) is 0 Å². The van der Waals surface area contributed by atoms with E-state index in [1.807, 2.05) is 16.5 Å². The Morgan fingerprint density at radius 1 is 1.43 bits per heavy atom. The number of hydrogen-bond acceptors (Lipinski definition) is 5. The van der Waals surface area contributed by atoms with Crippen LogP contribution in [0.1, 0.15) is 34.1 Å². The van der Waals surface area contributed by atoms with Crippen molar-refractivity contribution in [2.24, 2.45) is 0 Å². The molecule has 0 aromatic carbocycles. The van der Waals surface area contributed by atoms with Gasteiger partial charge in [0.15, 0.2) is 0 Å². The summed E-state index contributed by atoms with van der Waals surface area (Å²) in [5.41, 5.74) is 0.528. The third-order valence-corrected chi connectivity index (χ3v) is 4.64. The molecule has 110 valence electrons. The normalized spacial score (nSPS) is 18.5. The number of amides is 1. The maximum Gasteiger partial charge on any atom is 0.259 e. The number of thiazole rings is 1. The van der Waals surface area contributed by atoms with Crippen molar-refractivity contribution < 1.29 is 9.53 Å². The molecule has 0 bridgehead atoms. The molecule has 0 unspecified atom stereocenters. The molecule has 3 heterocycles. The lowest BCUT2D eigenvalue weighted by atomic mass is 9.98. The monoisotopic (exact) mass is 303 g/mol. The number of rotatable bonds is 3. The summed E-state index contributed by atoms with van der Waals surface area (Å²) in [6.07, 6.45) is 5.54. The van der Waals surface area contributed by atoms with Crippen LogP contribution in [0.15, 0.2) is 29.9 Å². The Morgan fingerprint density at radius 2 is 2.33 bits per heavy atom. The molecule has 1 atom stereocenters. The molecule has 0 aliphatic carbocycles. The first-order valence-corrected chi connectivity index (χ1v) is 7.85. The van der Waals surface area contributed by atoms with Crippen molar-refractivity contribution in [2.45, 2.75) is 18.8 Å². The van der Waals surface area contributed by atoms with Crippen molar-refractivity contribution in [3.05, 3.63) is 40.5 Å². The van der Waals surface area contributed by atoms with Gasteiger partial charge in [-0.3, -0.25) is 4.79 Å². The van der Waals surface area contributed by atoms with E-state index >= 15 is 0 Å². The molecule has 1 aliphatic rings. The summed E-state index contributed by atoms with van der Waals surface area (Å²) in [5, 5.41) is 3.10. The van der Waals surface area contributed by atoms with Gasteiger partial charge in [-0.15, -0.1) is 11.3 Å². The Morgan fingerprint density at radius 3 is 3.10 bits per heavy atom. The van der Waals surface area contributed by atoms with Crippen LogP contribution in [0.3, 0.4) is 0 Å². The highest BCUT2D eigenvalue weighted by Gasteiger charge is 2.28. The van der Waals surface area contributed by atoms with Gasteiger partial charge in [-0.25, -0.2) is 9.97 Å². The fourth-order valence-electron chi connectivity index (χ4n) is 2.69. The highest BCUT2D eigenvalue weighted by molar-refractivity contribution is 7.09. The van der Waals surface area contributed by atoms with Crippen LogP contribution in [0.2, 0.25) is 0 Å². The largest absolute Gasteiger partial charge is 0.480 e. The highest BCUT2D eigenvalue weighted by atomic mass is 32.1. The Kier molecular flexibility index (Phi) is 4.15. The fourth-order valence-corrected chi connectivity index (χ4v) is 3.45. The number of carbonyl (C=O) groups excluding carboxylic acids is 1. The van der Waals surface area contributed by atoms with Gasteiger partial charge in [0.2, 0.25) is 5.88 Å². The van der Waals surface area contributed by atoms with Crippen molar-refractivity contribution in [3.63, 3.8) is 0 Å². The zero-order chi connectivity index (χ0) is 14.7. The number of piperidine rings is 1. The van der Waals surface area contributed by atoms with Crippen molar-refractivity contribution in [2.75, 3.05) is 20.2 Å². The first kappa shape index (κ1) is 14.0. The summed E-state index contributed by atoms with van der Waals surface area (Å²) >= 11 is 1.66. The molecule has 21 heavy (non-hydrogen) atoms. The molecule has 5 nitrogen and oxygen atoms in total. The maximum atomic E-state index is 12.7. The number of ether oxygens (including phenoxy) is 1. The van der Waals surface area contributed by atoms with E-state index in [1.165, 1.54) is 7.11 Å². The zero-order valence-corrected chi connectivity index (χ0v) is 12.7.